The average Bonchev–Trinajstić information content (AvgIpc) is 2.67. The lowest BCUT2D eigenvalue weighted by Crippen LogP contribution is -2.02. The van der Waals surface area contributed by atoms with Gasteiger partial charge in [-0.25, -0.2) is 0 Å². The van der Waals surface area contributed by atoms with Gasteiger partial charge in [-0.3, -0.25) is 4.79 Å². The van der Waals surface area contributed by atoms with E-state index in [1.54, 1.807) is 6.07 Å². The van der Waals surface area contributed by atoms with Crippen molar-refractivity contribution in [3.63, 3.8) is 0 Å². The summed E-state index contributed by atoms with van der Waals surface area (Å²) in [5.41, 5.74) is 0.600. The monoisotopic (exact) mass is 454 g/mol. The van der Waals surface area contributed by atoms with Gasteiger partial charge in [0.2, 0.25) is 5.78 Å². The second-order valence-corrected chi connectivity index (χ2v) is 6.01. The number of furan rings is 1. The van der Waals surface area contributed by atoms with Gasteiger partial charge in [-0.1, -0.05) is 15.9 Å². The second kappa shape index (κ2) is 5.01. The van der Waals surface area contributed by atoms with Crippen LogP contribution in [-0.4, -0.2) is 5.78 Å². The van der Waals surface area contributed by atoms with E-state index in [0.717, 1.165) is 8.04 Å². The van der Waals surface area contributed by atoms with E-state index in [4.69, 9.17) is 4.42 Å². The number of hydrogen-bond acceptors (Lipinski definition) is 2. The van der Waals surface area contributed by atoms with Crippen LogP contribution >= 0.6 is 54.5 Å². The largest absolute Gasteiger partial charge is 0.460 e. The third kappa shape index (κ3) is 2.41. The number of halogens is 3. The molecule has 2 aromatic rings. The molecule has 16 heavy (non-hydrogen) atoms. The van der Waals surface area contributed by atoms with Gasteiger partial charge in [0.25, 0.3) is 0 Å². The third-order valence-electron chi connectivity index (χ3n) is 2.00. The first-order valence-corrected chi connectivity index (χ1v) is 6.99. The highest BCUT2D eigenvalue weighted by molar-refractivity contribution is 14.1. The third-order valence-corrected chi connectivity index (χ3v) is 3.98. The van der Waals surface area contributed by atoms with Crippen molar-refractivity contribution in [3.05, 3.63) is 54.4 Å². The quantitative estimate of drug-likeness (QED) is 0.488. The number of ketones is 1. The minimum atomic E-state index is -0.137. The van der Waals surface area contributed by atoms with Crippen LogP contribution < -0.4 is 0 Å². The normalized spacial score (nSPS) is 10.4. The Kier molecular flexibility index (Phi) is 3.86. The van der Waals surface area contributed by atoms with E-state index in [1.807, 2.05) is 18.2 Å². The SMILES string of the molecule is O=C(c1cc(I)ccc1Br)c1occc1Br. The first-order valence-electron chi connectivity index (χ1n) is 4.32. The van der Waals surface area contributed by atoms with Crippen molar-refractivity contribution in [2.24, 2.45) is 0 Å². The fraction of sp³-hybridized carbons (Fsp3) is 0. The first kappa shape index (κ1) is 12.3. The van der Waals surface area contributed by atoms with Crippen LogP contribution in [0.3, 0.4) is 0 Å². The lowest BCUT2D eigenvalue weighted by atomic mass is 10.1. The van der Waals surface area contributed by atoms with Crippen LogP contribution in [0.5, 0.6) is 0 Å². The molecule has 1 aromatic heterocycles. The maximum absolute atomic E-state index is 12.1. The van der Waals surface area contributed by atoms with Crippen LogP contribution in [0.2, 0.25) is 0 Å². The molecule has 1 aromatic carbocycles. The van der Waals surface area contributed by atoms with Crippen molar-refractivity contribution in [1.82, 2.24) is 0 Å². The van der Waals surface area contributed by atoms with Crippen LogP contribution in [0.4, 0.5) is 0 Å². The lowest BCUT2D eigenvalue weighted by molar-refractivity contribution is 0.101. The molecule has 0 aliphatic heterocycles. The second-order valence-electron chi connectivity index (χ2n) is 3.05. The molecule has 0 aliphatic rings. The van der Waals surface area contributed by atoms with Crippen molar-refractivity contribution in [2.45, 2.75) is 0 Å². The summed E-state index contributed by atoms with van der Waals surface area (Å²) in [7, 11) is 0. The fourth-order valence-electron chi connectivity index (χ4n) is 1.25. The van der Waals surface area contributed by atoms with Gasteiger partial charge in [-0.2, -0.15) is 0 Å². The van der Waals surface area contributed by atoms with Crippen LogP contribution in [-0.2, 0) is 0 Å². The molecule has 82 valence electrons. The first-order chi connectivity index (χ1) is 7.59. The van der Waals surface area contributed by atoms with Gasteiger partial charge in [0.05, 0.1) is 10.7 Å². The molecular formula is C11H5Br2IO2. The zero-order valence-corrected chi connectivity index (χ0v) is 13.2. The number of carbonyl (C=O) groups is 1. The summed E-state index contributed by atoms with van der Waals surface area (Å²) in [4.78, 5) is 12.1. The number of hydrogen-bond donors (Lipinski definition) is 0. The van der Waals surface area contributed by atoms with Crippen LogP contribution in [0, 0.1) is 3.57 Å². The van der Waals surface area contributed by atoms with Crippen molar-refractivity contribution in [1.29, 1.82) is 0 Å². The average molecular weight is 456 g/mol. The minimum Gasteiger partial charge on any atom is -0.460 e. The van der Waals surface area contributed by atoms with Crippen molar-refractivity contribution >= 4 is 60.2 Å². The molecule has 0 bridgehead atoms. The van der Waals surface area contributed by atoms with E-state index >= 15 is 0 Å². The fourth-order valence-corrected chi connectivity index (χ4v) is 2.55. The predicted molar refractivity (Wildman–Crippen MR) is 76.7 cm³/mol. The Labute approximate surface area is 123 Å². The smallest absolute Gasteiger partial charge is 0.230 e. The van der Waals surface area contributed by atoms with Gasteiger partial charge in [-0.15, -0.1) is 0 Å². The van der Waals surface area contributed by atoms with Crippen LogP contribution in [0.1, 0.15) is 16.1 Å². The molecule has 5 heteroatoms. The van der Waals surface area contributed by atoms with E-state index < -0.39 is 0 Å². The van der Waals surface area contributed by atoms with E-state index in [1.165, 1.54) is 6.26 Å². The molecule has 1 heterocycles. The molecule has 0 saturated carbocycles. The van der Waals surface area contributed by atoms with E-state index in [2.05, 4.69) is 54.5 Å². The van der Waals surface area contributed by atoms with Gasteiger partial charge in [0, 0.05) is 13.6 Å². The Hall–Kier alpha value is -0.140. The molecule has 0 aliphatic carbocycles. The van der Waals surface area contributed by atoms with Crippen molar-refractivity contribution in [2.75, 3.05) is 0 Å². The molecule has 0 radical (unpaired) electrons. The van der Waals surface area contributed by atoms with Crippen LogP contribution in [0.15, 0.2) is 43.9 Å². The molecule has 0 N–H and O–H groups in total. The Balaban J connectivity index is 2.49. The summed E-state index contributed by atoms with van der Waals surface area (Å²) in [6.45, 7) is 0. The highest BCUT2D eigenvalue weighted by atomic mass is 127. The van der Waals surface area contributed by atoms with Crippen molar-refractivity contribution in [3.8, 4) is 0 Å². The lowest BCUT2D eigenvalue weighted by Gasteiger charge is -2.02. The summed E-state index contributed by atoms with van der Waals surface area (Å²) in [5.74, 6) is 0.185. The number of benzene rings is 1. The Morgan fingerprint density at radius 3 is 2.56 bits per heavy atom. The molecule has 2 nitrogen and oxygen atoms in total. The molecule has 0 amide bonds. The topological polar surface area (TPSA) is 30.2 Å². The van der Waals surface area contributed by atoms with Gasteiger partial charge < -0.3 is 4.42 Å². The Morgan fingerprint density at radius 1 is 1.19 bits per heavy atom. The van der Waals surface area contributed by atoms with E-state index in [-0.39, 0.29) is 5.78 Å². The Morgan fingerprint density at radius 2 is 1.94 bits per heavy atom. The number of rotatable bonds is 2. The number of carbonyl (C=O) groups excluding carboxylic acids is 1. The van der Waals surface area contributed by atoms with Crippen LogP contribution in [0.25, 0.3) is 0 Å². The molecule has 0 unspecified atom stereocenters. The highest BCUT2D eigenvalue weighted by Gasteiger charge is 2.18. The molecule has 0 saturated heterocycles. The molecular weight excluding hydrogens is 451 g/mol. The van der Waals surface area contributed by atoms with Gasteiger partial charge in [-0.05, 0) is 62.8 Å². The maximum Gasteiger partial charge on any atom is 0.230 e. The van der Waals surface area contributed by atoms with E-state index in [0.29, 0.717) is 15.8 Å². The van der Waals surface area contributed by atoms with Gasteiger partial charge >= 0.3 is 0 Å². The molecule has 2 rings (SSSR count). The standard InChI is InChI=1S/C11H5Br2IO2/c12-8-2-1-6(14)5-7(8)10(15)11-9(13)3-4-16-11/h1-5H. The predicted octanol–water partition coefficient (Wildman–Crippen LogP) is 4.64. The highest BCUT2D eigenvalue weighted by Crippen LogP contribution is 2.26. The molecule has 0 atom stereocenters. The van der Waals surface area contributed by atoms with Crippen molar-refractivity contribution < 1.29 is 9.21 Å². The molecule has 0 fully saturated rings. The summed E-state index contributed by atoms with van der Waals surface area (Å²) in [5, 5.41) is 0. The molecule has 0 spiro atoms. The van der Waals surface area contributed by atoms with Gasteiger partial charge in [0.15, 0.2) is 5.76 Å². The summed E-state index contributed by atoms with van der Waals surface area (Å²) in [6.07, 6.45) is 1.49. The van der Waals surface area contributed by atoms with E-state index in [9.17, 15) is 4.79 Å². The summed E-state index contributed by atoms with van der Waals surface area (Å²) < 4.78 is 7.60. The summed E-state index contributed by atoms with van der Waals surface area (Å²) >= 11 is 8.80. The summed E-state index contributed by atoms with van der Waals surface area (Å²) in [6, 6.07) is 7.31. The zero-order chi connectivity index (χ0) is 11.7. The zero-order valence-electron chi connectivity index (χ0n) is 7.84. The Bertz CT molecular complexity index is 549. The minimum absolute atomic E-state index is 0.137. The maximum atomic E-state index is 12.1. The van der Waals surface area contributed by atoms with Gasteiger partial charge in [0.1, 0.15) is 0 Å².